The molecule has 0 spiro atoms. The van der Waals surface area contributed by atoms with Gasteiger partial charge in [0.25, 0.3) is 15.9 Å². The summed E-state index contributed by atoms with van der Waals surface area (Å²) in [6, 6.07) is 4.70. The van der Waals surface area contributed by atoms with Crippen LogP contribution in [0.3, 0.4) is 0 Å². The molecule has 0 N–H and O–H groups in total. The van der Waals surface area contributed by atoms with E-state index in [1.54, 1.807) is 27.3 Å². The van der Waals surface area contributed by atoms with Crippen LogP contribution in [-0.4, -0.2) is 83.7 Å². The highest BCUT2D eigenvalue weighted by atomic mass is 32.2. The smallest absolute Gasteiger partial charge is 0.316 e. The average molecular weight is 492 g/mol. The molecular formula is C20H21N5O6S2. The van der Waals surface area contributed by atoms with Crippen LogP contribution in [0, 0.1) is 0 Å². The fourth-order valence-corrected chi connectivity index (χ4v) is 6.60. The molecule has 5 rings (SSSR count). The molecule has 13 heteroatoms. The molecule has 0 radical (unpaired) electrons. The van der Waals surface area contributed by atoms with Gasteiger partial charge in [0.2, 0.25) is 5.82 Å². The molecule has 0 saturated carbocycles. The number of sulfonamides is 1. The number of hydrogen-bond acceptors (Lipinski definition) is 9. The predicted molar refractivity (Wildman–Crippen MR) is 116 cm³/mol. The van der Waals surface area contributed by atoms with E-state index in [1.165, 1.54) is 16.6 Å². The Morgan fingerprint density at radius 3 is 2.42 bits per heavy atom. The first kappa shape index (κ1) is 21.8. The molecule has 0 bridgehead atoms. The largest absolute Gasteiger partial charge is 0.459 e. The highest BCUT2D eigenvalue weighted by Crippen LogP contribution is 2.30. The first-order valence-corrected chi connectivity index (χ1v) is 12.8. The summed E-state index contributed by atoms with van der Waals surface area (Å²) in [7, 11) is -3.75. The van der Waals surface area contributed by atoms with Gasteiger partial charge in [0.1, 0.15) is 4.21 Å². The monoisotopic (exact) mass is 491 g/mol. The zero-order valence-electron chi connectivity index (χ0n) is 17.5. The van der Waals surface area contributed by atoms with Crippen molar-refractivity contribution in [2.75, 3.05) is 39.3 Å². The quantitative estimate of drug-likeness (QED) is 0.528. The van der Waals surface area contributed by atoms with Gasteiger partial charge in [0, 0.05) is 50.2 Å². The summed E-state index contributed by atoms with van der Waals surface area (Å²) in [6.07, 6.45) is 3.32. The number of aromatic nitrogens is 2. The lowest BCUT2D eigenvalue weighted by Gasteiger charge is -2.33. The molecular weight excluding hydrogens is 470 g/mol. The summed E-state index contributed by atoms with van der Waals surface area (Å²) in [5, 5.41) is 5.48. The highest BCUT2D eigenvalue weighted by Gasteiger charge is 2.32. The van der Waals surface area contributed by atoms with Crippen LogP contribution in [0.25, 0.3) is 11.4 Å². The molecule has 2 amide bonds. The van der Waals surface area contributed by atoms with Gasteiger partial charge in [-0.3, -0.25) is 9.59 Å². The maximum absolute atomic E-state index is 13.1. The van der Waals surface area contributed by atoms with E-state index in [1.807, 2.05) is 0 Å². The fraction of sp³-hybridized carbons (Fsp3) is 0.400. The van der Waals surface area contributed by atoms with Gasteiger partial charge in [-0.2, -0.15) is 9.29 Å². The lowest BCUT2D eigenvalue weighted by atomic mass is 10.3. The van der Waals surface area contributed by atoms with Crippen molar-refractivity contribution < 1.29 is 26.9 Å². The second-order valence-corrected chi connectivity index (χ2v) is 10.8. The zero-order chi connectivity index (χ0) is 23.0. The predicted octanol–water partition coefficient (Wildman–Crippen LogP) is 1.77. The number of carbonyl (C=O) groups excluding carboxylic acids is 2. The number of piperazine rings is 1. The van der Waals surface area contributed by atoms with E-state index >= 15 is 0 Å². The van der Waals surface area contributed by atoms with E-state index in [0.717, 1.165) is 24.2 Å². The molecule has 2 saturated heterocycles. The SMILES string of the molecule is O=C(c1ccco1)N1CCN(S(=O)(=O)c2cc(-c3noc(C(=O)N4CCCC4)n3)cs2)CC1. The molecule has 0 unspecified atom stereocenters. The molecule has 2 aliphatic heterocycles. The Bertz CT molecular complexity index is 1250. The van der Waals surface area contributed by atoms with E-state index in [2.05, 4.69) is 10.1 Å². The minimum Gasteiger partial charge on any atom is -0.459 e. The highest BCUT2D eigenvalue weighted by molar-refractivity contribution is 7.91. The Morgan fingerprint density at radius 1 is 1.00 bits per heavy atom. The van der Waals surface area contributed by atoms with Crippen molar-refractivity contribution >= 4 is 33.2 Å². The standard InChI is InChI=1S/C20H21N5O6S2/c26-19(15-4-3-11-30-15)24-7-9-25(10-8-24)33(28,29)16-12-14(13-32-16)17-21-18(31-22-17)20(27)23-5-1-2-6-23/h3-4,11-13H,1-2,5-10H2. The number of rotatable bonds is 5. The molecule has 0 atom stereocenters. The maximum atomic E-state index is 13.1. The van der Waals surface area contributed by atoms with Crippen molar-refractivity contribution in [1.29, 1.82) is 0 Å². The number of furan rings is 1. The number of thiophene rings is 1. The second kappa shape index (κ2) is 8.72. The van der Waals surface area contributed by atoms with Gasteiger partial charge < -0.3 is 18.7 Å². The summed E-state index contributed by atoms with van der Waals surface area (Å²) in [5.74, 6) is -0.260. The van der Waals surface area contributed by atoms with Crippen LogP contribution in [-0.2, 0) is 10.0 Å². The third-order valence-electron chi connectivity index (χ3n) is 5.69. The number of likely N-dealkylation sites (tertiary alicyclic amines) is 1. The summed E-state index contributed by atoms with van der Waals surface area (Å²) < 4.78 is 38.0. The Kier molecular flexibility index (Phi) is 5.76. The molecule has 5 heterocycles. The van der Waals surface area contributed by atoms with Crippen molar-refractivity contribution in [2.24, 2.45) is 0 Å². The Morgan fingerprint density at radius 2 is 1.73 bits per heavy atom. The summed E-state index contributed by atoms with van der Waals surface area (Å²) in [5.41, 5.74) is 0.467. The Hall–Kier alpha value is -3.03. The molecule has 0 aliphatic carbocycles. The van der Waals surface area contributed by atoms with Gasteiger partial charge in [0.05, 0.1) is 6.26 Å². The van der Waals surface area contributed by atoms with Crippen molar-refractivity contribution in [1.82, 2.24) is 24.2 Å². The third-order valence-corrected chi connectivity index (χ3v) is 9.00. The molecule has 3 aromatic heterocycles. The molecule has 33 heavy (non-hydrogen) atoms. The van der Waals surface area contributed by atoms with Gasteiger partial charge in [-0.15, -0.1) is 11.3 Å². The van der Waals surface area contributed by atoms with Crippen LogP contribution in [0.15, 0.2) is 43.0 Å². The van der Waals surface area contributed by atoms with Gasteiger partial charge in [-0.25, -0.2) is 8.42 Å². The Balaban J connectivity index is 1.26. The van der Waals surface area contributed by atoms with Crippen molar-refractivity contribution in [3.05, 3.63) is 41.5 Å². The van der Waals surface area contributed by atoms with Crippen LogP contribution in [0.2, 0.25) is 0 Å². The number of carbonyl (C=O) groups is 2. The van der Waals surface area contributed by atoms with E-state index < -0.39 is 10.0 Å². The van der Waals surface area contributed by atoms with Gasteiger partial charge in [-0.1, -0.05) is 5.16 Å². The molecule has 11 nitrogen and oxygen atoms in total. The topological polar surface area (TPSA) is 130 Å². The minimum absolute atomic E-state index is 0.0974. The third kappa shape index (κ3) is 4.18. The molecule has 3 aromatic rings. The van der Waals surface area contributed by atoms with Crippen LogP contribution < -0.4 is 0 Å². The summed E-state index contributed by atoms with van der Waals surface area (Å²) in [4.78, 5) is 32.2. The first-order chi connectivity index (χ1) is 15.9. The minimum atomic E-state index is -3.75. The average Bonchev–Trinajstić information content (AvgIpc) is 3.65. The lowest BCUT2D eigenvalue weighted by Crippen LogP contribution is -2.50. The Labute approximate surface area is 193 Å². The van der Waals surface area contributed by atoms with Crippen molar-refractivity contribution in [2.45, 2.75) is 17.1 Å². The van der Waals surface area contributed by atoms with Crippen LogP contribution in [0.5, 0.6) is 0 Å². The van der Waals surface area contributed by atoms with Crippen LogP contribution >= 0.6 is 11.3 Å². The number of hydrogen-bond donors (Lipinski definition) is 0. The van der Waals surface area contributed by atoms with Crippen LogP contribution in [0.1, 0.15) is 34.1 Å². The number of amides is 2. The molecule has 2 fully saturated rings. The molecule has 2 aliphatic rings. The van der Waals surface area contributed by atoms with Gasteiger partial charge >= 0.3 is 11.8 Å². The van der Waals surface area contributed by atoms with E-state index in [9.17, 15) is 18.0 Å². The van der Waals surface area contributed by atoms with E-state index in [-0.39, 0.29) is 59.7 Å². The summed E-state index contributed by atoms with van der Waals surface area (Å²) >= 11 is 1.05. The second-order valence-electron chi connectivity index (χ2n) is 7.75. The van der Waals surface area contributed by atoms with E-state index in [0.29, 0.717) is 18.7 Å². The van der Waals surface area contributed by atoms with Gasteiger partial charge in [-0.05, 0) is 31.0 Å². The molecule has 174 valence electrons. The lowest BCUT2D eigenvalue weighted by molar-refractivity contribution is 0.0665. The maximum Gasteiger partial charge on any atom is 0.316 e. The first-order valence-electron chi connectivity index (χ1n) is 10.5. The number of nitrogens with zero attached hydrogens (tertiary/aromatic N) is 5. The van der Waals surface area contributed by atoms with Crippen molar-refractivity contribution in [3.63, 3.8) is 0 Å². The fourth-order valence-electron chi connectivity index (χ4n) is 3.87. The van der Waals surface area contributed by atoms with Crippen molar-refractivity contribution in [3.8, 4) is 11.4 Å². The summed E-state index contributed by atoms with van der Waals surface area (Å²) in [6.45, 7) is 2.22. The normalized spacial score (nSPS) is 17.6. The van der Waals surface area contributed by atoms with Crippen LogP contribution in [0.4, 0.5) is 0 Å². The zero-order valence-corrected chi connectivity index (χ0v) is 19.2. The van der Waals surface area contributed by atoms with E-state index in [4.69, 9.17) is 8.94 Å². The molecule has 0 aromatic carbocycles. The van der Waals surface area contributed by atoms with Gasteiger partial charge in [0.15, 0.2) is 5.76 Å².